The highest BCUT2D eigenvalue weighted by atomic mass is 32.2. The van der Waals surface area contributed by atoms with Crippen LogP contribution in [-0.4, -0.2) is 17.2 Å². The summed E-state index contributed by atoms with van der Waals surface area (Å²) in [6, 6.07) is 8.86. The Kier molecular flexibility index (Phi) is 4.38. The monoisotopic (exact) mass is 263 g/mol. The first-order chi connectivity index (χ1) is 8.69. The van der Waals surface area contributed by atoms with E-state index in [1.807, 2.05) is 7.05 Å². The van der Waals surface area contributed by atoms with Gasteiger partial charge in [0.2, 0.25) is 5.89 Å². The van der Waals surface area contributed by atoms with Crippen LogP contribution in [0.4, 0.5) is 0 Å². The Hall–Kier alpha value is -1.33. The van der Waals surface area contributed by atoms with Crippen LogP contribution in [0.15, 0.2) is 33.7 Å². The lowest BCUT2D eigenvalue weighted by molar-refractivity contribution is 0.389. The zero-order valence-electron chi connectivity index (χ0n) is 10.8. The van der Waals surface area contributed by atoms with E-state index < -0.39 is 0 Å². The highest BCUT2D eigenvalue weighted by Crippen LogP contribution is 2.24. The van der Waals surface area contributed by atoms with Crippen molar-refractivity contribution in [2.45, 2.75) is 30.5 Å². The minimum absolute atomic E-state index is 0.359. The molecule has 0 saturated heterocycles. The van der Waals surface area contributed by atoms with Crippen LogP contribution in [0.2, 0.25) is 0 Å². The van der Waals surface area contributed by atoms with Crippen molar-refractivity contribution in [3.63, 3.8) is 0 Å². The van der Waals surface area contributed by atoms with Crippen molar-refractivity contribution in [2.75, 3.05) is 7.05 Å². The Morgan fingerprint density at radius 1 is 1.44 bits per heavy atom. The fraction of sp³-hybridized carbons (Fsp3) is 0.385. The lowest BCUT2D eigenvalue weighted by Crippen LogP contribution is -2.11. The van der Waals surface area contributed by atoms with Gasteiger partial charge in [-0.25, -0.2) is 0 Å². The van der Waals surface area contributed by atoms with E-state index in [9.17, 15) is 0 Å². The normalized spacial score (nSPS) is 12.6. The zero-order chi connectivity index (χ0) is 13.0. The van der Waals surface area contributed by atoms with E-state index >= 15 is 0 Å². The average molecular weight is 263 g/mol. The molecule has 1 N–H and O–H groups in total. The third-order valence-electron chi connectivity index (χ3n) is 2.73. The van der Waals surface area contributed by atoms with Crippen molar-refractivity contribution < 1.29 is 4.52 Å². The Morgan fingerprint density at radius 2 is 2.28 bits per heavy atom. The van der Waals surface area contributed by atoms with E-state index in [2.05, 4.69) is 46.6 Å². The van der Waals surface area contributed by atoms with Gasteiger partial charge in [0.25, 0.3) is 0 Å². The lowest BCUT2D eigenvalue weighted by atomic mass is 10.1. The second-order valence-electron chi connectivity index (χ2n) is 4.10. The molecule has 2 rings (SSSR count). The molecule has 0 aliphatic rings. The van der Waals surface area contributed by atoms with E-state index in [0.717, 1.165) is 11.6 Å². The number of nitrogens with zero attached hydrogens (tertiary/aromatic N) is 2. The summed E-state index contributed by atoms with van der Waals surface area (Å²) in [5, 5.41) is 7.12. The minimum atomic E-state index is 0.359. The summed E-state index contributed by atoms with van der Waals surface area (Å²) >= 11 is 1.72. The molecule has 0 amide bonds. The summed E-state index contributed by atoms with van der Waals surface area (Å²) in [7, 11) is 1.96. The smallest absolute Gasteiger partial charge is 0.223 e. The Balaban J connectivity index is 2.01. The predicted molar refractivity (Wildman–Crippen MR) is 72.5 cm³/mol. The van der Waals surface area contributed by atoms with E-state index in [0.29, 0.717) is 11.9 Å². The van der Waals surface area contributed by atoms with Gasteiger partial charge >= 0.3 is 0 Å². The number of thioether (sulfide) groups is 1. The number of aromatic nitrogens is 2. The predicted octanol–water partition coefficient (Wildman–Crippen LogP) is 2.95. The molecular formula is C13H17N3OS. The molecule has 2 aromatic rings. The molecule has 0 spiro atoms. The Labute approximate surface area is 111 Å². The van der Waals surface area contributed by atoms with Crippen molar-refractivity contribution in [1.82, 2.24) is 15.5 Å². The number of hydrogen-bond acceptors (Lipinski definition) is 5. The largest absolute Gasteiger partial charge is 0.340 e. The van der Waals surface area contributed by atoms with Crippen molar-refractivity contribution >= 4 is 11.8 Å². The molecule has 1 atom stereocenters. The fourth-order valence-corrected chi connectivity index (χ4v) is 2.40. The highest BCUT2D eigenvalue weighted by molar-refractivity contribution is 7.98. The first-order valence-corrected chi connectivity index (χ1v) is 6.87. The second-order valence-corrected chi connectivity index (χ2v) is 5.15. The van der Waals surface area contributed by atoms with E-state index in [-0.39, 0.29) is 0 Å². The van der Waals surface area contributed by atoms with Gasteiger partial charge in [0.15, 0.2) is 5.82 Å². The topological polar surface area (TPSA) is 51.0 Å². The number of rotatable bonds is 5. The van der Waals surface area contributed by atoms with Crippen LogP contribution in [0.3, 0.4) is 0 Å². The number of hydrogen-bond donors (Lipinski definition) is 1. The van der Waals surface area contributed by atoms with Gasteiger partial charge in [-0.05, 0) is 31.7 Å². The summed E-state index contributed by atoms with van der Waals surface area (Å²) in [4.78, 5) is 5.41. The lowest BCUT2D eigenvalue weighted by Gasteiger charge is -2.11. The summed E-state index contributed by atoms with van der Waals surface area (Å²) < 4.78 is 4.95. The molecule has 0 fully saturated rings. The summed E-state index contributed by atoms with van der Waals surface area (Å²) in [5.41, 5.74) is 1.28. The Morgan fingerprint density at radius 3 is 2.94 bits per heavy atom. The van der Waals surface area contributed by atoms with Crippen LogP contribution >= 0.6 is 11.8 Å². The van der Waals surface area contributed by atoms with Gasteiger partial charge in [0.05, 0.1) is 5.75 Å². The molecule has 0 saturated carbocycles. The molecule has 96 valence electrons. The van der Waals surface area contributed by atoms with Crippen molar-refractivity contribution in [3.8, 4) is 0 Å². The van der Waals surface area contributed by atoms with Gasteiger partial charge in [-0.3, -0.25) is 0 Å². The average Bonchev–Trinajstić information content (AvgIpc) is 2.81. The molecule has 1 aromatic heterocycles. The van der Waals surface area contributed by atoms with Gasteiger partial charge in [0.1, 0.15) is 0 Å². The highest BCUT2D eigenvalue weighted by Gasteiger charge is 2.06. The maximum Gasteiger partial charge on any atom is 0.223 e. The van der Waals surface area contributed by atoms with Gasteiger partial charge in [0, 0.05) is 17.9 Å². The molecule has 18 heavy (non-hydrogen) atoms. The zero-order valence-corrected chi connectivity index (χ0v) is 11.6. The second kappa shape index (κ2) is 6.02. The summed E-state index contributed by atoms with van der Waals surface area (Å²) in [6.07, 6.45) is 0. The molecule has 0 radical (unpaired) electrons. The standard InChI is InChI=1S/C13H17N3OS/c1-9(14-3)11-5-4-6-12(7-11)18-8-13-15-10(2)17-16-13/h4-7,9,14H,8H2,1-3H3. The van der Waals surface area contributed by atoms with Crippen molar-refractivity contribution in [2.24, 2.45) is 0 Å². The van der Waals surface area contributed by atoms with Gasteiger partial charge < -0.3 is 9.84 Å². The quantitative estimate of drug-likeness (QED) is 0.840. The third-order valence-corrected chi connectivity index (χ3v) is 3.72. The molecule has 0 bridgehead atoms. The SMILES string of the molecule is CNC(C)c1cccc(SCc2noc(C)n2)c1. The maximum absolute atomic E-state index is 4.95. The first kappa shape index (κ1) is 13.1. The van der Waals surface area contributed by atoms with Gasteiger partial charge in [-0.1, -0.05) is 17.3 Å². The number of aryl methyl sites for hydroxylation is 1. The van der Waals surface area contributed by atoms with Crippen LogP contribution in [-0.2, 0) is 5.75 Å². The number of benzene rings is 1. The van der Waals surface area contributed by atoms with Crippen LogP contribution in [0.5, 0.6) is 0 Å². The maximum atomic E-state index is 4.95. The molecule has 0 aliphatic carbocycles. The van der Waals surface area contributed by atoms with E-state index in [1.165, 1.54) is 10.5 Å². The minimum Gasteiger partial charge on any atom is -0.340 e. The molecule has 5 heteroatoms. The van der Waals surface area contributed by atoms with E-state index in [4.69, 9.17) is 4.52 Å². The van der Waals surface area contributed by atoms with E-state index in [1.54, 1.807) is 18.7 Å². The molecule has 1 unspecified atom stereocenters. The molecule has 1 aromatic carbocycles. The van der Waals surface area contributed by atoms with Crippen LogP contribution in [0.25, 0.3) is 0 Å². The van der Waals surface area contributed by atoms with Crippen molar-refractivity contribution in [1.29, 1.82) is 0 Å². The molecule has 4 nitrogen and oxygen atoms in total. The first-order valence-electron chi connectivity index (χ1n) is 5.88. The Bertz CT molecular complexity index is 512. The van der Waals surface area contributed by atoms with Crippen LogP contribution in [0, 0.1) is 6.92 Å². The molecule has 0 aliphatic heterocycles. The fourth-order valence-electron chi connectivity index (χ4n) is 1.59. The summed E-state index contributed by atoms with van der Waals surface area (Å²) in [5.74, 6) is 2.09. The molecular weight excluding hydrogens is 246 g/mol. The number of nitrogens with one attached hydrogen (secondary N) is 1. The van der Waals surface area contributed by atoms with Gasteiger partial charge in [-0.2, -0.15) is 4.98 Å². The molecule has 1 heterocycles. The van der Waals surface area contributed by atoms with Crippen molar-refractivity contribution in [3.05, 3.63) is 41.5 Å². The van der Waals surface area contributed by atoms with Gasteiger partial charge in [-0.15, -0.1) is 11.8 Å². The third kappa shape index (κ3) is 3.34. The van der Waals surface area contributed by atoms with Crippen LogP contribution < -0.4 is 5.32 Å². The van der Waals surface area contributed by atoms with Crippen LogP contribution in [0.1, 0.15) is 30.2 Å². The summed E-state index contributed by atoms with van der Waals surface area (Å²) in [6.45, 7) is 3.95.